The predicted molar refractivity (Wildman–Crippen MR) is 144 cm³/mol. The zero-order valence-electron chi connectivity index (χ0n) is 20.6. The maximum Gasteiger partial charge on any atom is 0.264 e. The number of nitrogens with zero attached hydrogens (tertiary/aromatic N) is 3. The highest BCUT2D eigenvalue weighted by atomic mass is 32.2. The van der Waals surface area contributed by atoms with E-state index in [1.165, 1.54) is 39.5 Å². The van der Waals surface area contributed by atoms with Crippen molar-refractivity contribution in [1.29, 1.82) is 0 Å². The molecule has 2 aliphatic rings. The van der Waals surface area contributed by atoms with E-state index in [4.69, 9.17) is 0 Å². The second-order valence-electron chi connectivity index (χ2n) is 9.25. The molecule has 3 aromatic carbocycles. The maximum absolute atomic E-state index is 14.1. The Labute approximate surface area is 215 Å². The van der Waals surface area contributed by atoms with Gasteiger partial charge in [-0.25, -0.2) is 4.39 Å². The smallest absolute Gasteiger partial charge is 0.264 e. The number of aryl methyl sites for hydroxylation is 2. The van der Waals surface area contributed by atoms with Gasteiger partial charge in [0.1, 0.15) is 5.82 Å². The zero-order chi connectivity index (χ0) is 25.4. The second kappa shape index (κ2) is 9.82. The summed E-state index contributed by atoms with van der Waals surface area (Å²) >= 11 is 1.30. The largest absolute Gasteiger partial charge is 0.368 e. The number of amides is 2. The van der Waals surface area contributed by atoms with E-state index >= 15 is 0 Å². The number of hydrogen-bond donors (Lipinski definition) is 0. The van der Waals surface area contributed by atoms with Crippen LogP contribution in [0.25, 0.3) is 6.08 Å². The fourth-order valence-corrected chi connectivity index (χ4v) is 5.74. The molecule has 2 amide bonds. The number of piperazine rings is 1. The van der Waals surface area contributed by atoms with Gasteiger partial charge in [0.15, 0.2) is 0 Å². The molecule has 0 saturated carbocycles. The highest BCUT2D eigenvalue weighted by Crippen LogP contribution is 2.42. The van der Waals surface area contributed by atoms with E-state index in [-0.39, 0.29) is 17.6 Å². The Morgan fingerprint density at radius 2 is 1.69 bits per heavy atom. The zero-order valence-corrected chi connectivity index (χ0v) is 21.4. The van der Waals surface area contributed by atoms with Crippen LogP contribution in [0.5, 0.6) is 0 Å². The molecule has 7 heteroatoms. The van der Waals surface area contributed by atoms with Crippen LogP contribution >= 0.6 is 11.8 Å². The van der Waals surface area contributed by atoms with Crippen LogP contribution in [0, 0.1) is 19.7 Å². The molecule has 5 rings (SSSR count). The third-order valence-electron chi connectivity index (χ3n) is 6.77. The number of thioether (sulfide) groups is 1. The molecule has 2 heterocycles. The van der Waals surface area contributed by atoms with E-state index in [1.807, 2.05) is 17.0 Å². The van der Waals surface area contributed by atoms with Gasteiger partial charge in [-0.3, -0.25) is 9.59 Å². The van der Waals surface area contributed by atoms with Gasteiger partial charge in [0.05, 0.1) is 10.6 Å². The molecule has 5 nitrogen and oxygen atoms in total. The monoisotopic (exact) mass is 501 g/mol. The van der Waals surface area contributed by atoms with Crippen LogP contribution in [0.15, 0.2) is 70.5 Å². The lowest BCUT2D eigenvalue weighted by atomic mass is 10.1. The lowest BCUT2D eigenvalue weighted by Crippen LogP contribution is -2.49. The molecular weight excluding hydrogens is 473 g/mol. The van der Waals surface area contributed by atoms with Gasteiger partial charge in [-0.15, -0.1) is 0 Å². The van der Waals surface area contributed by atoms with Crippen molar-refractivity contribution in [2.45, 2.75) is 18.7 Å². The third kappa shape index (κ3) is 4.63. The van der Waals surface area contributed by atoms with Crippen molar-refractivity contribution >= 4 is 41.0 Å². The Balaban J connectivity index is 1.32. The van der Waals surface area contributed by atoms with Gasteiger partial charge in [0.25, 0.3) is 11.8 Å². The molecule has 184 valence electrons. The topological polar surface area (TPSA) is 43.9 Å². The minimum absolute atomic E-state index is 0.0306. The van der Waals surface area contributed by atoms with Crippen molar-refractivity contribution in [2.24, 2.45) is 0 Å². The lowest BCUT2D eigenvalue weighted by molar-refractivity contribution is -0.114. The summed E-state index contributed by atoms with van der Waals surface area (Å²) < 4.78 is 14.1. The van der Waals surface area contributed by atoms with E-state index in [0.29, 0.717) is 34.8 Å². The van der Waals surface area contributed by atoms with E-state index in [0.717, 1.165) is 18.0 Å². The molecular formula is C29H28FN3O2S. The van der Waals surface area contributed by atoms with Gasteiger partial charge in [-0.2, -0.15) is 0 Å². The molecule has 0 aliphatic carbocycles. The SMILES string of the molecule is Cc1ccc(C)c(N2CCN(C(=O)c3ccc4c(c3)N(C)C(=O)C(=Cc3ccccc3F)S4)CC2)c1. The van der Waals surface area contributed by atoms with Crippen LogP contribution in [0.3, 0.4) is 0 Å². The lowest BCUT2D eigenvalue weighted by Gasteiger charge is -2.37. The summed E-state index contributed by atoms with van der Waals surface area (Å²) in [6, 6.07) is 18.3. The van der Waals surface area contributed by atoms with Crippen LogP contribution in [0.2, 0.25) is 0 Å². The third-order valence-corrected chi connectivity index (χ3v) is 7.84. The normalized spacial score (nSPS) is 16.9. The molecule has 0 bridgehead atoms. The average Bonchev–Trinajstić information content (AvgIpc) is 2.89. The van der Waals surface area contributed by atoms with E-state index in [1.54, 1.807) is 37.4 Å². The summed E-state index contributed by atoms with van der Waals surface area (Å²) in [5.74, 6) is -0.620. The van der Waals surface area contributed by atoms with Crippen LogP contribution in [-0.4, -0.2) is 49.9 Å². The van der Waals surface area contributed by atoms with Gasteiger partial charge < -0.3 is 14.7 Å². The number of rotatable bonds is 3. The van der Waals surface area contributed by atoms with Gasteiger partial charge in [0, 0.05) is 54.9 Å². The molecule has 0 radical (unpaired) electrons. The van der Waals surface area contributed by atoms with Crippen molar-refractivity contribution in [3.8, 4) is 0 Å². The van der Waals surface area contributed by atoms with E-state index in [2.05, 4.69) is 36.9 Å². The second-order valence-corrected chi connectivity index (χ2v) is 10.3. The summed E-state index contributed by atoms with van der Waals surface area (Å²) in [4.78, 5) is 33.4. The molecule has 2 aliphatic heterocycles. The minimum atomic E-state index is -0.370. The first-order valence-electron chi connectivity index (χ1n) is 12.0. The number of carbonyl (C=O) groups is 2. The molecule has 0 N–H and O–H groups in total. The number of halogens is 1. The number of likely N-dealkylation sites (N-methyl/N-ethyl adjacent to an activating group) is 1. The first-order chi connectivity index (χ1) is 17.3. The number of hydrogen-bond acceptors (Lipinski definition) is 4. The molecule has 0 aromatic heterocycles. The van der Waals surface area contributed by atoms with Crippen molar-refractivity contribution < 1.29 is 14.0 Å². The van der Waals surface area contributed by atoms with Gasteiger partial charge >= 0.3 is 0 Å². The van der Waals surface area contributed by atoms with E-state index < -0.39 is 0 Å². The molecule has 3 aromatic rings. The summed E-state index contributed by atoms with van der Waals surface area (Å²) in [6.07, 6.45) is 1.58. The summed E-state index contributed by atoms with van der Waals surface area (Å²) in [7, 11) is 1.69. The Hall–Kier alpha value is -3.58. The van der Waals surface area contributed by atoms with Crippen molar-refractivity contribution in [2.75, 3.05) is 43.0 Å². The highest BCUT2D eigenvalue weighted by Gasteiger charge is 2.29. The quantitative estimate of drug-likeness (QED) is 0.444. The van der Waals surface area contributed by atoms with Gasteiger partial charge in [0.2, 0.25) is 0 Å². The standard InChI is InChI=1S/C29H28FN3O2S/c1-19-8-9-20(2)24(16-19)32-12-14-33(15-13-32)28(34)22-10-11-26-25(17-22)31(3)29(35)27(36-26)18-21-6-4-5-7-23(21)30/h4-11,16-18H,12-15H2,1-3H3. The van der Waals surface area contributed by atoms with Crippen LogP contribution in [-0.2, 0) is 4.79 Å². The minimum Gasteiger partial charge on any atom is -0.368 e. The Kier molecular flexibility index (Phi) is 6.58. The molecule has 1 fully saturated rings. The predicted octanol–water partition coefficient (Wildman–Crippen LogP) is 5.51. The number of fused-ring (bicyclic) bond motifs is 1. The number of carbonyl (C=O) groups excluding carboxylic acids is 2. The van der Waals surface area contributed by atoms with Crippen LogP contribution in [0.4, 0.5) is 15.8 Å². The summed E-state index contributed by atoms with van der Waals surface area (Å²) in [6.45, 7) is 7.05. The maximum atomic E-state index is 14.1. The first-order valence-corrected chi connectivity index (χ1v) is 12.8. The van der Waals surface area contributed by atoms with Crippen LogP contribution < -0.4 is 9.80 Å². The number of benzene rings is 3. The van der Waals surface area contributed by atoms with Crippen molar-refractivity contribution in [1.82, 2.24) is 4.90 Å². The fraction of sp³-hybridized carbons (Fsp3) is 0.241. The van der Waals surface area contributed by atoms with Gasteiger partial charge in [-0.05, 0) is 61.4 Å². The Morgan fingerprint density at radius 1 is 0.944 bits per heavy atom. The van der Waals surface area contributed by atoms with Crippen molar-refractivity contribution in [3.63, 3.8) is 0 Å². The Bertz CT molecular complexity index is 1380. The first kappa shape index (κ1) is 24.1. The molecule has 36 heavy (non-hydrogen) atoms. The fourth-order valence-electron chi connectivity index (χ4n) is 4.65. The van der Waals surface area contributed by atoms with E-state index in [9.17, 15) is 14.0 Å². The van der Waals surface area contributed by atoms with Crippen LogP contribution in [0.1, 0.15) is 27.0 Å². The molecule has 0 spiro atoms. The molecule has 0 unspecified atom stereocenters. The highest BCUT2D eigenvalue weighted by molar-refractivity contribution is 8.04. The Morgan fingerprint density at radius 3 is 2.44 bits per heavy atom. The van der Waals surface area contributed by atoms with Crippen molar-refractivity contribution in [3.05, 3.63) is 93.6 Å². The van der Waals surface area contributed by atoms with Gasteiger partial charge in [-0.1, -0.05) is 42.1 Å². The number of anilines is 2. The molecule has 1 saturated heterocycles. The summed E-state index contributed by atoms with van der Waals surface area (Å²) in [5.41, 5.74) is 5.32. The summed E-state index contributed by atoms with van der Waals surface area (Å²) in [5, 5.41) is 0. The average molecular weight is 502 g/mol. The molecule has 0 atom stereocenters.